The Labute approximate surface area is 247 Å². The van der Waals surface area contributed by atoms with Crippen molar-refractivity contribution in [2.24, 2.45) is 0 Å². The molecule has 0 fully saturated rings. The highest BCUT2D eigenvalue weighted by Gasteiger charge is 2.33. The highest BCUT2D eigenvalue weighted by atomic mass is 35.5. The Bertz CT molecular complexity index is 1530. The lowest BCUT2D eigenvalue weighted by atomic mass is 9.94. The van der Waals surface area contributed by atoms with Gasteiger partial charge in [0, 0.05) is 52.9 Å². The predicted molar refractivity (Wildman–Crippen MR) is 167 cm³/mol. The number of ketones is 1. The molecule has 1 amide bonds. The Morgan fingerprint density at radius 2 is 1.68 bits per heavy atom. The van der Waals surface area contributed by atoms with Crippen molar-refractivity contribution in [3.8, 4) is 11.1 Å². The van der Waals surface area contributed by atoms with Crippen LogP contribution in [0.3, 0.4) is 0 Å². The standard InChI is InChI=1S/C34H34N4O2.ClH/c1-37(2)26-18-19-30-32(22-26)38-20-8-11-27(38)21-31(36-30)33(39)24-14-16-25(17-15-24)35-34(40)29-13-7-6-12-28(29)23-9-4-3-5-10-23;/h3-17,21,26,31,36H,18-20,22H2,1-2H3,(H,35,40);1H. The lowest BCUT2D eigenvalue weighted by Crippen LogP contribution is -2.39. The molecule has 0 bridgehead atoms. The van der Waals surface area contributed by atoms with E-state index in [-0.39, 0.29) is 24.1 Å². The van der Waals surface area contributed by atoms with Crippen LogP contribution < -0.4 is 10.6 Å². The number of hydrogen-bond donors (Lipinski definition) is 2. The molecule has 6 nitrogen and oxygen atoms in total. The molecule has 0 saturated carbocycles. The van der Waals surface area contributed by atoms with Gasteiger partial charge in [0.2, 0.25) is 0 Å². The van der Waals surface area contributed by atoms with Gasteiger partial charge in [-0.2, -0.15) is 0 Å². The summed E-state index contributed by atoms with van der Waals surface area (Å²) >= 11 is 0. The normalized spacial score (nSPS) is 19.4. The minimum atomic E-state index is -0.443. The lowest BCUT2D eigenvalue weighted by molar-refractivity contribution is 0.0965. The SMILES string of the molecule is CN(C)C1CCC2=C(C1)N1CC=CC1=CC(C(=O)c1ccc(NC(=O)c3ccccc3-c3ccccc3)cc1)N2.Cl. The molecule has 3 aromatic rings. The summed E-state index contributed by atoms with van der Waals surface area (Å²) in [4.78, 5) is 31.5. The molecule has 0 aromatic heterocycles. The predicted octanol–water partition coefficient (Wildman–Crippen LogP) is 6.26. The minimum Gasteiger partial charge on any atom is -0.374 e. The van der Waals surface area contributed by atoms with E-state index in [1.54, 1.807) is 24.3 Å². The van der Waals surface area contributed by atoms with Crippen molar-refractivity contribution in [1.82, 2.24) is 15.1 Å². The molecule has 2 aliphatic heterocycles. The van der Waals surface area contributed by atoms with Crippen LogP contribution in [0.2, 0.25) is 0 Å². The Kier molecular flexibility index (Phi) is 8.43. The highest BCUT2D eigenvalue weighted by molar-refractivity contribution is 6.09. The van der Waals surface area contributed by atoms with Crippen molar-refractivity contribution in [1.29, 1.82) is 0 Å². The summed E-state index contributed by atoms with van der Waals surface area (Å²) in [6.07, 6.45) is 9.29. The molecule has 41 heavy (non-hydrogen) atoms. The summed E-state index contributed by atoms with van der Waals surface area (Å²) < 4.78 is 0. The van der Waals surface area contributed by atoms with Gasteiger partial charge in [-0.05, 0) is 80.5 Å². The minimum absolute atomic E-state index is 0. The van der Waals surface area contributed by atoms with Gasteiger partial charge in [-0.3, -0.25) is 9.59 Å². The van der Waals surface area contributed by atoms with Crippen LogP contribution in [0.5, 0.6) is 0 Å². The van der Waals surface area contributed by atoms with Gasteiger partial charge in [0.25, 0.3) is 5.91 Å². The zero-order valence-corrected chi connectivity index (χ0v) is 24.2. The molecule has 6 rings (SSSR count). The molecular formula is C34H35ClN4O2. The van der Waals surface area contributed by atoms with Gasteiger partial charge in [0.1, 0.15) is 6.04 Å². The van der Waals surface area contributed by atoms with E-state index in [1.165, 1.54) is 11.4 Å². The van der Waals surface area contributed by atoms with Crippen molar-refractivity contribution < 1.29 is 9.59 Å². The molecule has 2 atom stereocenters. The summed E-state index contributed by atoms with van der Waals surface area (Å²) in [5, 5.41) is 6.58. The van der Waals surface area contributed by atoms with Crippen LogP contribution in [0.25, 0.3) is 11.1 Å². The molecule has 3 aromatic carbocycles. The van der Waals surface area contributed by atoms with Crippen LogP contribution in [0.1, 0.15) is 40.0 Å². The van der Waals surface area contributed by atoms with Gasteiger partial charge >= 0.3 is 0 Å². The Balaban J connectivity index is 0.00000337. The number of benzene rings is 3. The second-order valence-corrected chi connectivity index (χ2v) is 10.8. The van der Waals surface area contributed by atoms with Gasteiger partial charge in [0.05, 0.1) is 0 Å². The number of amides is 1. The van der Waals surface area contributed by atoms with E-state index in [1.807, 2.05) is 60.7 Å². The third-order valence-corrected chi connectivity index (χ3v) is 8.08. The molecule has 0 radical (unpaired) electrons. The first-order valence-electron chi connectivity index (χ1n) is 13.9. The number of anilines is 1. The van der Waals surface area contributed by atoms with E-state index in [0.717, 1.165) is 42.6 Å². The zero-order chi connectivity index (χ0) is 27.6. The maximum Gasteiger partial charge on any atom is 0.256 e. The molecule has 1 aliphatic carbocycles. The molecule has 2 N–H and O–H groups in total. The number of nitrogens with zero attached hydrogens (tertiary/aromatic N) is 2. The average molecular weight is 567 g/mol. The van der Waals surface area contributed by atoms with Crippen LogP contribution in [0, 0.1) is 0 Å². The number of nitrogens with one attached hydrogen (secondary N) is 2. The topological polar surface area (TPSA) is 64.7 Å². The maximum absolute atomic E-state index is 13.7. The van der Waals surface area contributed by atoms with Crippen LogP contribution in [-0.2, 0) is 0 Å². The fourth-order valence-corrected chi connectivity index (χ4v) is 5.85. The Morgan fingerprint density at radius 1 is 0.951 bits per heavy atom. The molecule has 2 unspecified atom stereocenters. The maximum atomic E-state index is 13.7. The molecule has 7 heteroatoms. The van der Waals surface area contributed by atoms with Crippen LogP contribution >= 0.6 is 12.4 Å². The van der Waals surface area contributed by atoms with Gasteiger partial charge in [-0.25, -0.2) is 0 Å². The van der Waals surface area contributed by atoms with Gasteiger partial charge in [-0.15, -0.1) is 12.4 Å². The fourth-order valence-electron chi connectivity index (χ4n) is 5.85. The highest BCUT2D eigenvalue weighted by Crippen LogP contribution is 2.35. The van der Waals surface area contributed by atoms with Crippen LogP contribution in [-0.4, -0.2) is 54.2 Å². The number of hydrogen-bond acceptors (Lipinski definition) is 5. The lowest BCUT2D eigenvalue weighted by Gasteiger charge is -2.35. The van der Waals surface area contributed by atoms with Gasteiger partial charge in [-0.1, -0.05) is 54.6 Å². The molecule has 2 heterocycles. The van der Waals surface area contributed by atoms with Crippen LogP contribution in [0.4, 0.5) is 5.69 Å². The molecular weight excluding hydrogens is 532 g/mol. The summed E-state index contributed by atoms with van der Waals surface area (Å²) in [7, 11) is 4.28. The van der Waals surface area contributed by atoms with Crippen molar-refractivity contribution >= 4 is 29.8 Å². The van der Waals surface area contributed by atoms with E-state index in [4.69, 9.17) is 0 Å². The zero-order valence-electron chi connectivity index (χ0n) is 23.3. The quantitative estimate of drug-likeness (QED) is 0.345. The largest absolute Gasteiger partial charge is 0.374 e. The van der Waals surface area contributed by atoms with Crippen molar-refractivity contribution in [2.45, 2.75) is 31.3 Å². The fraction of sp³-hybridized carbons (Fsp3) is 0.235. The van der Waals surface area contributed by atoms with E-state index in [2.05, 4.69) is 46.7 Å². The first-order valence-corrected chi connectivity index (χ1v) is 13.9. The first kappa shape index (κ1) is 28.4. The van der Waals surface area contributed by atoms with Crippen LogP contribution in [0.15, 0.2) is 114 Å². The van der Waals surface area contributed by atoms with Crippen molar-refractivity contribution in [2.75, 3.05) is 26.0 Å². The van der Waals surface area contributed by atoms with Gasteiger partial charge in [0.15, 0.2) is 5.78 Å². The average Bonchev–Trinajstić information content (AvgIpc) is 3.39. The smallest absolute Gasteiger partial charge is 0.256 e. The number of fused-ring (bicyclic) bond motifs is 2. The number of rotatable bonds is 6. The number of carbonyl (C=O) groups excluding carboxylic acids is 2. The van der Waals surface area contributed by atoms with E-state index < -0.39 is 6.04 Å². The second kappa shape index (κ2) is 12.2. The molecule has 0 saturated heterocycles. The summed E-state index contributed by atoms with van der Waals surface area (Å²) in [5.74, 6) is -0.168. The Hall–Kier alpha value is -4.13. The summed E-state index contributed by atoms with van der Waals surface area (Å²) in [6.45, 7) is 0.842. The number of halogens is 1. The van der Waals surface area contributed by atoms with Crippen molar-refractivity contribution in [3.05, 3.63) is 125 Å². The third-order valence-electron chi connectivity index (χ3n) is 8.08. The van der Waals surface area contributed by atoms with Crippen molar-refractivity contribution in [3.63, 3.8) is 0 Å². The van der Waals surface area contributed by atoms with E-state index in [0.29, 0.717) is 22.9 Å². The summed E-state index contributed by atoms with van der Waals surface area (Å²) in [5.41, 5.74) is 7.27. The molecule has 3 aliphatic rings. The number of Topliss-reactive ketones (excluding diaryl/α,β-unsaturated/α-hetero) is 1. The monoisotopic (exact) mass is 566 g/mol. The summed E-state index contributed by atoms with van der Waals surface area (Å²) in [6, 6.07) is 24.7. The Morgan fingerprint density at radius 3 is 2.44 bits per heavy atom. The second-order valence-electron chi connectivity index (χ2n) is 10.8. The third kappa shape index (κ3) is 5.85. The number of carbonyl (C=O) groups is 2. The van der Waals surface area contributed by atoms with Gasteiger partial charge < -0.3 is 20.4 Å². The molecule has 0 spiro atoms. The van der Waals surface area contributed by atoms with E-state index in [9.17, 15) is 9.59 Å². The molecule has 210 valence electrons. The number of allylic oxidation sites excluding steroid dienone is 2. The first-order chi connectivity index (χ1) is 19.5. The van der Waals surface area contributed by atoms with E-state index >= 15 is 0 Å².